The summed E-state index contributed by atoms with van der Waals surface area (Å²) in [5.74, 6) is 0.0245. The minimum atomic E-state index is -0.362. The van der Waals surface area contributed by atoms with Gasteiger partial charge in [-0.3, -0.25) is 0 Å². The molecular weight excluding hydrogens is 371 g/mol. The van der Waals surface area contributed by atoms with Gasteiger partial charge in [0.2, 0.25) is 5.88 Å². The van der Waals surface area contributed by atoms with Crippen molar-refractivity contribution in [1.29, 1.82) is 0 Å². The number of aromatic nitrogens is 2. The van der Waals surface area contributed by atoms with Crippen LogP contribution < -0.4 is 15.4 Å². The molecule has 0 aliphatic carbocycles. The maximum atomic E-state index is 12.9. The van der Waals surface area contributed by atoms with Crippen molar-refractivity contribution >= 4 is 23.3 Å². The Bertz CT molecular complexity index is 904. The molecule has 0 spiro atoms. The van der Waals surface area contributed by atoms with Crippen LogP contribution in [0.15, 0.2) is 60.7 Å². The maximum absolute atomic E-state index is 12.9. The number of carbonyl (C=O) groups excluding carboxylic acids is 1. The lowest BCUT2D eigenvalue weighted by atomic mass is 10.1. The first-order chi connectivity index (χ1) is 13.1. The Morgan fingerprint density at radius 1 is 1.07 bits per heavy atom. The molecular formula is C19H16ClFN4O2. The summed E-state index contributed by atoms with van der Waals surface area (Å²) < 4.78 is 18.4. The average Bonchev–Trinajstić information content (AvgIpc) is 2.66. The second-order valence-corrected chi connectivity index (χ2v) is 5.94. The fraction of sp³-hybridized carbons (Fsp3) is 0.105. The smallest absolute Gasteiger partial charge is 0.319 e. The molecule has 1 heterocycles. The molecule has 0 radical (unpaired) electrons. The average molecular weight is 387 g/mol. The molecule has 0 aliphatic rings. The monoisotopic (exact) mass is 386 g/mol. The first-order valence-corrected chi connectivity index (χ1v) is 8.51. The van der Waals surface area contributed by atoms with Crippen LogP contribution in [0.4, 0.5) is 14.9 Å². The van der Waals surface area contributed by atoms with E-state index in [-0.39, 0.29) is 25.0 Å². The van der Waals surface area contributed by atoms with E-state index < -0.39 is 0 Å². The van der Waals surface area contributed by atoms with Crippen LogP contribution in [0.25, 0.3) is 11.3 Å². The van der Waals surface area contributed by atoms with Gasteiger partial charge in [-0.2, -0.15) is 0 Å². The molecule has 2 amide bonds. The Kier molecular flexibility index (Phi) is 6.17. The van der Waals surface area contributed by atoms with E-state index in [1.807, 2.05) is 0 Å². The predicted molar refractivity (Wildman–Crippen MR) is 101 cm³/mol. The minimum absolute atomic E-state index is 0.230. The number of hydrogen-bond donors (Lipinski definition) is 2. The molecule has 1 aromatic heterocycles. The van der Waals surface area contributed by atoms with Crippen LogP contribution in [0.3, 0.4) is 0 Å². The van der Waals surface area contributed by atoms with Gasteiger partial charge >= 0.3 is 6.03 Å². The lowest BCUT2D eigenvalue weighted by Crippen LogP contribution is -2.32. The topological polar surface area (TPSA) is 76.1 Å². The van der Waals surface area contributed by atoms with Crippen LogP contribution in [0, 0.1) is 5.82 Å². The fourth-order valence-electron chi connectivity index (χ4n) is 2.23. The zero-order valence-corrected chi connectivity index (χ0v) is 14.9. The van der Waals surface area contributed by atoms with Crippen LogP contribution in [0.1, 0.15) is 0 Å². The zero-order chi connectivity index (χ0) is 19.1. The maximum Gasteiger partial charge on any atom is 0.319 e. The number of hydrogen-bond acceptors (Lipinski definition) is 4. The van der Waals surface area contributed by atoms with E-state index in [1.54, 1.807) is 48.5 Å². The number of nitrogens with zero attached hydrogens (tertiary/aromatic N) is 2. The van der Waals surface area contributed by atoms with Crippen molar-refractivity contribution in [3.8, 4) is 17.1 Å². The second-order valence-electron chi connectivity index (χ2n) is 5.50. The minimum Gasteiger partial charge on any atom is -0.475 e. The summed E-state index contributed by atoms with van der Waals surface area (Å²) >= 11 is 5.86. The summed E-state index contributed by atoms with van der Waals surface area (Å²) in [5, 5.41) is 13.9. The third-order valence-corrected chi connectivity index (χ3v) is 3.74. The molecule has 2 aromatic carbocycles. The van der Waals surface area contributed by atoms with E-state index in [9.17, 15) is 9.18 Å². The van der Waals surface area contributed by atoms with Crippen molar-refractivity contribution in [3.05, 3.63) is 71.5 Å². The Hall–Kier alpha value is -3.19. The highest BCUT2D eigenvalue weighted by molar-refractivity contribution is 6.30. The van der Waals surface area contributed by atoms with Gasteiger partial charge in [0.05, 0.1) is 12.2 Å². The highest BCUT2D eigenvalue weighted by Gasteiger charge is 2.04. The molecule has 6 nitrogen and oxygen atoms in total. The van der Waals surface area contributed by atoms with E-state index in [0.29, 0.717) is 22.3 Å². The Balaban J connectivity index is 1.42. The van der Waals surface area contributed by atoms with Crippen LogP contribution in [0.2, 0.25) is 5.02 Å². The number of urea groups is 1. The molecule has 27 heavy (non-hydrogen) atoms. The highest BCUT2D eigenvalue weighted by atomic mass is 35.5. The molecule has 0 atom stereocenters. The van der Waals surface area contributed by atoms with Crippen LogP contribution in [-0.2, 0) is 0 Å². The van der Waals surface area contributed by atoms with Gasteiger partial charge in [-0.15, -0.1) is 10.2 Å². The van der Waals surface area contributed by atoms with E-state index >= 15 is 0 Å². The van der Waals surface area contributed by atoms with E-state index in [1.165, 1.54) is 12.1 Å². The van der Waals surface area contributed by atoms with Gasteiger partial charge in [0, 0.05) is 22.3 Å². The number of rotatable bonds is 6. The highest BCUT2D eigenvalue weighted by Crippen LogP contribution is 2.18. The van der Waals surface area contributed by atoms with Gasteiger partial charge in [0.15, 0.2) is 0 Å². The lowest BCUT2D eigenvalue weighted by molar-refractivity contribution is 0.246. The largest absolute Gasteiger partial charge is 0.475 e. The number of benzene rings is 2. The normalized spacial score (nSPS) is 10.3. The van der Waals surface area contributed by atoms with Crippen molar-refractivity contribution in [1.82, 2.24) is 15.5 Å². The SMILES string of the molecule is O=C(NCCOc1ccc(-c2ccc(F)cc2)nn1)Nc1cccc(Cl)c1. The standard InChI is InChI=1S/C19H16ClFN4O2/c20-14-2-1-3-16(12-14)23-19(26)22-10-11-27-18-9-8-17(24-25-18)13-4-6-15(21)7-5-13/h1-9,12H,10-11H2,(H2,22,23,26). The van der Waals surface area contributed by atoms with Crippen molar-refractivity contribution in [2.24, 2.45) is 0 Å². The van der Waals surface area contributed by atoms with Gasteiger partial charge < -0.3 is 15.4 Å². The van der Waals surface area contributed by atoms with E-state index in [4.69, 9.17) is 16.3 Å². The molecule has 138 valence electrons. The molecule has 8 heteroatoms. The summed E-state index contributed by atoms with van der Waals surface area (Å²) in [6.45, 7) is 0.515. The number of nitrogens with one attached hydrogen (secondary N) is 2. The summed E-state index contributed by atoms with van der Waals surface area (Å²) in [5.41, 5.74) is 1.97. The Morgan fingerprint density at radius 2 is 1.89 bits per heavy atom. The second kappa shape index (κ2) is 8.95. The van der Waals surface area contributed by atoms with Gasteiger partial charge in [-0.1, -0.05) is 17.7 Å². The Labute approximate surface area is 160 Å². The third kappa shape index (κ3) is 5.65. The van der Waals surface area contributed by atoms with Crippen molar-refractivity contribution in [2.45, 2.75) is 0 Å². The van der Waals surface area contributed by atoms with Gasteiger partial charge in [-0.25, -0.2) is 9.18 Å². The molecule has 0 saturated carbocycles. The molecule has 3 aromatic rings. The number of carbonyl (C=O) groups is 1. The summed E-state index contributed by atoms with van der Waals surface area (Å²) in [6.07, 6.45) is 0. The quantitative estimate of drug-likeness (QED) is 0.624. The fourth-order valence-corrected chi connectivity index (χ4v) is 2.42. The molecule has 0 unspecified atom stereocenters. The lowest BCUT2D eigenvalue weighted by Gasteiger charge is -2.09. The molecule has 0 saturated heterocycles. The Morgan fingerprint density at radius 3 is 2.59 bits per heavy atom. The number of ether oxygens (including phenoxy) is 1. The molecule has 0 aliphatic heterocycles. The number of halogens is 2. The van der Waals surface area contributed by atoms with Crippen LogP contribution >= 0.6 is 11.6 Å². The van der Waals surface area contributed by atoms with Crippen molar-refractivity contribution in [2.75, 3.05) is 18.5 Å². The first-order valence-electron chi connectivity index (χ1n) is 8.13. The molecule has 0 bridgehead atoms. The van der Waals surface area contributed by atoms with E-state index in [0.717, 1.165) is 5.56 Å². The molecule has 3 rings (SSSR count). The van der Waals surface area contributed by atoms with Crippen LogP contribution in [0.5, 0.6) is 5.88 Å². The summed E-state index contributed by atoms with van der Waals surface area (Å²) in [6, 6.07) is 15.9. The summed E-state index contributed by atoms with van der Waals surface area (Å²) in [4.78, 5) is 11.8. The third-order valence-electron chi connectivity index (χ3n) is 3.50. The molecule has 0 fully saturated rings. The van der Waals surface area contributed by atoms with Crippen molar-refractivity contribution in [3.63, 3.8) is 0 Å². The summed E-state index contributed by atoms with van der Waals surface area (Å²) in [7, 11) is 0. The van der Waals surface area contributed by atoms with Gasteiger partial charge in [-0.05, 0) is 48.5 Å². The number of amides is 2. The number of anilines is 1. The van der Waals surface area contributed by atoms with Gasteiger partial charge in [0.1, 0.15) is 12.4 Å². The van der Waals surface area contributed by atoms with Crippen LogP contribution in [-0.4, -0.2) is 29.4 Å². The van der Waals surface area contributed by atoms with Crippen molar-refractivity contribution < 1.29 is 13.9 Å². The first kappa shape index (κ1) is 18.6. The zero-order valence-electron chi connectivity index (χ0n) is 14.2. The predicted octanol–water partition coefficient (Wildman–Crippen LogP) is 4.14. The molecule has 2 N–H and O–H groups in total. The van der Waals surface area contributed by atoms with E-state index in [2.05, 4.69) is 20.8 Å². The van der Waals surface area contributed by atoms with Gasteiger partial charge in [0.25, 0.3) is 0 Å².